The molecule has 2 N–H and O–H groups in total. The summed E-state index contributed by atoms with van der Waals surface area (Å²) in [7, 11) is 0. The maximum atomic E-state index is 11.7. The number of rotatable bonds is 6. The average Bonchev–Trinajstić information content (AvgIpc) is 2.46. The summed E-state index contributed by atoms with van der Waals surface area (Å²) in [5.74, 6) is 0.960. The number of morpholine rings is 1. The number of nitrogens with one attached hydrogen (secondary N) is 2. The minimum absolute atomic E-state index is 0. The third-order valence-electron chi connectivity index (χ3n) is 2.85. The fourth-order valence-corrected chi connectivity index (χ4v) is 2.70. The molecule has 0 saturated carbocycles. The largest absolute Gasteiger partial charge is 0.375 e. The first-order valence-electron chi connectivity index (χ1n) is 6.61. The molecular formula is C14H21ClN2O2S. The molecule has 2 rings (SSSR count). The highest BCUT2D eigenvalue weighted by molar-refractivity contribution is 7.99. The molecule has 1 fully saturated rings. The average molecular weight is 317 g/mol. The summed E-state index contributed by atoms with van der Waals surface area (Å²) in [4.78, 5) is 12.9. The van der Waals surface area contributed by atoms with Crippen LogP contribution in [0, 0.1) is 0 Å². The van der Waals surface area contributed by atoms with E-state index in [1.54, 1.807) is 11.8 Å². The third kappa shape index (κ3) is 6.61. The molecule has 1 atom stereocenters. The lowest BCUT2D eigenvalue weighted by Crippen LogP contribution is -2.41. The van der Waals surface area contributed by atoms with Crippen molar-refractivity contribution in [3.63, 3.8) is 0 Å². The lowest BCUT2D eigenvalue weighted by atomic mass is 10.2. The molecule has 112 valence electrons. The molecule has 1 aliphatic rings. The van der Waals surface area contributed by atoms with Crippen molar-refractivity contribution < 1.29 is 9.53 Å². The Kier molecular flexibility index (Phi) is 8.69. The summed E-state index contributed by atoms with van der Waals surface area (Å²) in [5, 5.41) is 6.15. The number of carbonyl (C=O) groups is 1. The summed E-state index contributed by atoms with van der Waals surface area (Å²) < 4.78 is 5.50. The lowest BCUT2D eigenvalue weighted by Gasteiger charge is -2.23. The topological polar surface area (TPSA) is 50.4 Å². The molecule has 4 nitrogen and oxygen atoms in total. The van der Waals surface area contributed by atoms with Crippen LogP contribution in [0.1, 0.15) is 6.42 Å². The molecule has 1 unspecified atom stereocenters. The maximum Gasteiger partial charge on any atom is 0.222 e. The molecule has 6 heteroatoms. The van der Waals surface area contributed by atoms with Gasteiger partial charge in [0, 0.05) is 30.3 Å². The van der Waals surface area contributed by atoms with Crippen LogP contribution in [0.25, 0.3) is 0 Å². The van der Waals surface area contributed by atoms with E-state index in [0.717, 1.165) is 18.8 Å². The smallest absolute Gasteiger partial charge is 0.222 e. The molecule has 0 bridgehead atoms. The Morgan fingerprint density at radius 3 is 2.90 bits per heavy atom. The molecule has 0 spiro atoms. The molecule has 1 aromatic rings. The molecule has 1 aliphatic heterocycles. The molecule has 1 aromatic carbocycles. The van der Waals surface area contributed by atoms with Gasteiger partial charge in [0.15, 0.2) is 0 Å². The lowest BCUT2D eigenvalue weighted by molar-refractivity contribution is -0.124. The second-order valence-electron chi connectivity index (χ2n) is 4.41. The zero-order valence-electron chi connectivity index (χ0n) is 11.3. The van der Waals surface area contributed by atoms with E-state index >= 15 is 0 Å². The van der Waals surface area contributed by atoms with Crippen molar-refractivity contribution in [3.05, 3.63) is 30.3 Å². The van der Waals surface area contributed by atoms with E-state index in [1.165, 1.54) is 4.90 Å². The van der Waals surface area contributed by atoms with Crippen LogP contribution in [0.3, 0.4) is 0 Å². The number of amides is 1. The standard InChI is InChI=1S/C14H20N2O2S.ClH/c17-14(10-12-11-15-6-8-18-12)16-7-9-19-13-4-2-1-3-5-13;/h1-5,12,15H,6-11H2,(H,16,17);1H. The highest BCUT2D eigenvalue weighted by Gasteiger charge is 2.16. The van der Waals surface area contributed by atoms with Crippen LogP contribution in [0.2, 0.25) is 0 Å². The highest BCUT2D eigenvalue weighted by atomic mass is 35.5. The van der Waals surface area contributed by atoms with Crippen molar-refractivity contribution in [1.29, 1.82) is 0 Å². The number of ether oxygens (including phenoxy) is 1. The molecule has 1 heterocycles. The second kappa shape index (κ2) is 10.0. The minimum atomic E-state index is 0. The van der Waals surface area contributed by atoms with Gasteiger partial charge in [0.05, 0.1) is 19.1 Å². The van der Waals surface area contributed by atoms with Gasteiger partial charge in [-0.3, -0.25) is 4.79 Å². The fraction of sp³-hybridized carbons (Fsp3) is 0.500. The van der Waals surface area contributed by atoms with Gasteiger partial charge in [-0.25, -0.2) is 0 Å². The summed E-state index contributed by atoms with van der Waals surface area (Å²) in [6, 6.07) is 10.2. The van der Waals surface area contributed by atoms with E-state index < -0.39 is 0 Å². The van der Waals surface area contributed by atoms with Gasteiger partial charge in [-0.2, -0.15) is 0 Å². The van der Waals surface area contributed by atoms with Gasteiger partial charge in [-0.1, -0.05) is 18.2 Å². The fourth-order valence-electron chi connectivity index (χ4n) is 1.91. The zero-order valence-corrected chi connectivity index (χ0v) is 13.0. The molecule has 0 radical (unpaired) electrons. The number of hydrogen-bond acceptors (Lipinski definition) is 4. The van der Waals surface area contributed by atoms with Gasteiger partial charge in [0.25, 0.3) is 0 Å². The highest BCUT2D eigenvalue weighted by Crippen LogP contribution is 2.15. The van der Waals surface area contributed by atoms with E-state index in [2.05, 4.69) is 22.8 Å². The normalized spacial score (nSPS) is 18.1. The number of hydrogen-bond donors (Lipinski definition) is 2. The number of carbonyl (C=O) groups excluding carboxylic acids is 1. The molecule has 1 saturated heterocycles. The first-order valence-corrected chi connectivity index (χ1v) is 7.60. The van der Waals surface area contributed by atoms with Crippen LogP contribution >= 0.6 is 24.2 Å². The van der Waals surface area contributed by atoms with Gasteiger partial charge in [-0.15, -0.1) is 24.2 Å². The van der Waals surface area contributed by atoms with Crippen LogP contribution in [0.5, 0.6) is 0 Å². The van der Waals surface area contributed by atoms with Crippen LogP contribution < -0.4 is 10.6 Å². The van der Waals surface area contributed by atoms with Gasteiger partial charge in [0.2, 0.25) is 5.91 Å². The van der Waals surface area contributed by atoms with E-state index in [9.17, 15) is 4.79 Å². The zero-order chi connectivity index (χ0) is 13.3. The first kappa shape index (κ1) is 17.3. The molecule has 20 heavy (non-hydrogen) atoms. The number of benzene rings is 1. The van der Waals surface area contributed by atoms with Crippen molar-refractivity contribution in [1.82, 2.24) is 10.6 Å². The second-order valence-corrected chi connectivity index (χ2v) is 5.58. The molecule has 0 aromatic heterocycles. The molecule has 1 amide bonds. The summed E-state index contributed by atoms with van der Waals surface area (Å²) in [5.41, 5.74) is 0. The maximum absolute atomic E-state index is 11.7. The first-order chi connectivity index (χ1) is 9.34. The van der Waals surface area contributed by atoms with Crippen molar-refractivity contribution in [3.8, 4) is 0 Å². The Labute approximate surface area is 130 Å². The van der Waals surface area contributed by atoms with Crippen molar-refractivity contribution >= 4 is 30.1 Å². The summed E-state index contributed by atoms with van der Waals surface area (Å²) in [6.45, 7) is 3.04. The van der Waals surface area contributed by atoms with Crippen molar-refractivity contribution in [2.24, 2.45) is 0 Å². The van der Waals surface area contributed by atoms with E-state index in [-0.39, 0.29) is 24.4 Å². The molecule has 0 aliphatic carbocycles. The Bertz CT molecular complexity index is 386. The molecular weight excluding hydrogens is 296 g/mol. The minimum Gasteiger partial charge on any atom is -0.375 e. The summed E-state index contributed by atoms with van der Waals surface area (Å²) >= 11 is 1.75. The SMILES string of the molecule is Cl.O=C(CC1CNCCO1)NCCSc1ccccc1. The van der Waals surface area contributed by atoms with Crippen LogP contribution in [0.15, 0.2) is 35.2 Å². The van der Waals surface area contributed by atoms with Gasteiger partial charge in [-0.05, 0) is 12.1 Å². The number of halogens is 1. The van der Waals surface area contributed by atoms with Gasteiger partial charge < -0.3 is 15.4 Å². The predicted octanol–water partition coefficient (Wildman–Crippen LogP) is 1.70. The van der Waals surface area contributed by atoms with Gasteiger partial charge >= 0.3 is 0 Å². The van der Waals surface area contributed by atoms with Crippen LogP contribution in [-0.4, -0.2) is 44.0 Å². The Morgan fingerprint density at radius 1 is 1.40 bits per heavy atom. The van der Waals surface area contributed by atoms with Crippen LogP contribution in [0.4, 0.5) is 0 Å². The van der Waals surface area contributed by atoms with E-state index in [1.807, 2.05) is 18.2 Å². The van der Waals surface area contributed by atoms with Crippen molar-refractivity contribution in [2.45, 2.75) is 17.4 Å². The predicted molar refractivity (Wildman–Crippen MR) is 84.7 cm³/mol. The Hall–Kier alpha value is -0.750. The monoisotopic (exact) mass is 316 g/mol. The quantitative estimate of drug-likeness (QED) is 0.619. The summed E-state index contributed by atoms with van der Waals surface area (Å²) in [6.07, 6.45) is 0.471. The Morgan fingerprint density at radius 2 is 2.20 bits per heavy atom. The van der Waals surface area contributed by atoms with E-state index in [4.69, 9.17) is 4.74 Å². The van der Waals surface area contributed by atoms with E-state index in [0.29, 0.717) is 19.6 Å². The van der Waals surface area contributed by atoms with Crippen molar-refractivity contribution in [2.75, 3.05) is 32.0 Å². The Balaban J connectivity index is 0.00000200. The van der Waals surface area contributed by atoms with Gasteiger partial charge in [0.1, 0.15) is 0 Å². The third-order valence-corrected chi connectivity index (χ3v) is 3.87. The van der Waals surface area contributed by atoms with Crippen LogP contribution in [-0.2, 0) is 9.53 Å². The number of thioether (sulfide) groups is 1.